The third kappa shape index (κ3) is 3.96. The SMILES string of the molecule is COc1ccc(S(=O)(=O)NC2CCC(C)C2)c(CCN)c1. The highest BCUT2D eigenvalue weighted by molar-refractivity contribution is 7.89. The Labute approximate surface area is 126 Å². The van der Waals surface area contributed by atoms with Gasteiger partial charge in [0.05, 0.1) is 12.0 Å². The van der Waals surface area contributed by atoms with Crippen LogP contribution < -0.4 is 15.2 Å². The number of hydrogen-bond donors (Lipinski definition) is 2. The summed E-state index contributed by atoms with van der Waals surface area (Å²) in [5.74, 6) is 1.23. The molecule has 3 N–H and O–H groups in total. The first-order valence-electron chi connectivity index (χ1n) is 7.35. The number of sulfonamides is 1. The van der Waals surface area contributed by atoms with Crippen molar-refractivity contribution in [1.82, 2.24) is 4.72 Å². The summed E-state index contributed by atoms with van der Waals surface area (Å²) in [6.07, 6.45) is 3.39. The van der Waals surface area contributed by atoms with Crippen molar-refractivity contribution < 1.29 is 13.2 Å². The first kappa shape index (κ1) is 16.3. The highest BCUT2D eigenvalue weighted by atomic mass is 32.2. The number of ether oxygens (including phenoxy) is 1. The van der Waals surface area contributed by atoms with Crippen molar-refractivity contribution in [2.45, 2.75) is 43.5 Å². The lowest BCUT2D eigenvalue weighted by Crippen LogP contribution is -2.33. The lowest BCUT2D eigenvalue weighted by atomic mass is 10.1. The van der Waals surface area contributed by atoms with Gasteiger partial charge in [-0.05, 0) is 61.9 Å². The quantitative estimate of drug-likeness (QED) is 0.837. The van der Waals surface area contributed by atoms with Gasteiger partial charge >= 0.3 is 0 Å². The lowest BCUT2D eigenvalue weighted by Gasteiger charge is -2.16. The molecule has 1 saturated carbocycles. The minimum Gasteiger partial charge on any atom is -0.497 e. The van der Waals surface area contributed by atoms with Crippen LogP contribution >= 0.6 is 0 Å². The molecule has 5 nitrogen and oxygen atoms in total. The fraction of sp³-hybridized carbons (Fsp3) is 0.600. The van der Waals surface area contributed by atoms with Crippen molar-refractivity contribution in [3.05, 3.63) is 23.8 Å². The van der Waals surface area contributed by atoms with E-state index in [1.165, 1.54) is 0 Å². The van der Waals surface area contributed by atoms with E-state index in [1.807, 2.05) is 0 Å². The fourth-order valence-corrected chi connectivity index (χ4v) is 4.43. The maximum atomic E-state index is 12.6. The van der Waals surface area contributed by atoms with E-state index in [4.69, 9.17) is 10.5 Å². The smallest absolute Gasteiger partial charge is 0.241 e. The molecule has 6 heteroatoms. The molecule has 1 fully saturated rings. The zero-order chi connectivity index (χ0) is 15.5. The summed E-state index contributed by atoms with van der Waals surface area (Å²) < 4.78 is 33.2. The zero-order valence-electron chi connectivity index (χ0n) is 12.6. The maximum absolute atomic E-state index is 12.6. The van der Waals surface area contributed by atoms with E-state index in [0.29, 0.717) is 35.1 Å². The monoisotopic (exact) mass is 312 g/mol. The van der Waals surface area contributed by atoms with Gasteiger partial charge in [0.1, 0.15) is 5.75 Å². The molecule has 0 aromatic heterocycles. The number of rotatable bonds is 6. The van der Waals surface area contributed by atoms with Crippen molar-refractivity contribution in [3.63, 3.8) is 0 Å². The molecule has 2 atom stereocenters. The van der Waals surface area contributed by atoms with Gasteiger partial charge in [0.15, 0.2) is 0 Å². The molecule has 0 radical (unpaired) electrons. The van der Waals surface area contributed by atoms with E-state index in [1.54, 1.807) is 25.3 Å². The van der Waals surface area contributed by atoms with Gasteiger partial charge in [0.25, 0.3) is 0 Å². The van der Waals surface area contributed by atoms with Gasteiger partial charge in [0, 0.05) is 6.04 Å². The summed E-state index contributed by atoms with van der Waals surface area (Å²) in [5, 5.41) is 0. The second kappa shape index (κ2) is 6.77. The standard InChI is InChI=1S/C15H24N2O3S/c1-11-3-4-13(9-11)17-21(18,19)15-6-5-14(20-2)10-12(15)7-8-16/h5-6,10-11,13,17H,3-4,7-9,16H2,1-2H3. The second-order valence-electron chi connectivity index (χ2n) is 5.75. The van der Waals surface area contributed by atoms with Gasteiger partial charge in [-0.25, -0.2) is 13.1 Å². The van der Waals surface area contributed by atoms with E-state index in [0.717, 1.165) is 19.3 Å². The predicted octanol–water partition coefficient (Wildman–Crippen LogP) is 1.66. The van der Waals surface area contributed by atoms with Gasteiger partial charge < -0.3 is 10.5 Å². The van der Waals surface area contributed by atoms with E-state index < -0.39 is 10.0 Å². The van der Waals surface area contributed by atoms with E-state index in [2.05, 4.69) is 11.6 Å². The van der Waals surface area contributed by atoms with E-state index in [9.17, 15) is 8.42 Å². The van der Waals surface area contributed by atoms with Crippen LogP contribution in [0.4, 0.5) is 0 Å². The van der Waals surface area contributed by atoms with Crippen molar-refractivity contribution >= 4 is 10.0 Å². The van der Waals surface area contributed by atoms with Gasteiger partial charge in [-0.15, -0.1) is 0 Å². The molecule has 1 aliphatic carbocycles. The summed E-state index contributed by atoms with van der Waals surface area (Å²) >= 11 is 0. The lowest BCUT2D eigenvalue weighted by molar-refractivity contribution is 0.413. The van der Waals surface area contributed by atoms with Crippen LogP contribution in [0.25, 0.3) is 0 Å². The first-order valence-corrected chi connectivity index (χ1v) is 8.84. The van der Waals surface area contributed by atoms with E-state index in [-0.39, 0.29) is 6.04 Å². The minimum atomic E-state index is -3.51. The van der Waals surface area contributed by atoms with Crippen LogP contribution in [0.1, 0.15) is 31.7 Å². The van der Waals surface area contributed by atoms with Crippen molar-refractivity contribution in [2.24, 2.45) is 11.7 Å². The molecule has 0 spiro atoms. The Balaban J connectivity index is 2.26. The maximum Gasteiger partial charge on any atom is 0.241 e. The molecule has 21 heavy (non-hydrogen) atoms. The average Bonchev–Trinajstić information content (AvgIpc) is 2.83. The Morgan fingerprint density at radius 2 is 2.14 bits per heavy atom. The Kier molecular flexibility index (Phi) is 5.24. The second-order valence-corrected chi connectivity index (χ2v) is 7.43. The molecule has 2 rings (SSSR count). The zero-order valence-corrected chi connectivity index (χ0v) is 13.4. The van der Waals surface area contributed by atoms with Crippen LogP contribution in [0.15, 0.2) is 23.1 Å². The fourth-order valence-electron chi connectivity index (χ4n) is 2.89. The Morgan fingerprint density at radius 3 is 2.71 bits per heavy atom. The Bertz CT molecular complexity index is 587. The molecule has 0 saturated heterocycles. The summed E-state index contributed by atoms with van der Waals surface area (Å²) in [6.45, 7) is 2.55. The largest absolute Gasteiger partial charge is 0.497 e. The summed E-state index contributed by atoms with van der Waals surface area (Å²) in [5.41, 5.74) is 6.29. The van der Waals surface area contributed by atoms with Crippen LogP contribution in [0.2, 0.25) is 0 Å². The predicted molar refractivity (Wildman–Crippen MR) is 82.9 cm³/mol. The van der Waals surface area contributed by atoms with Gasteiger partial charge in [0.2, 0.25) is 10.0 Å². The number of methoxy groups -OCH3 is 1. The van der Waals surface area contributed by atoms with Crippen LogP contribution in [0.3, 0.4) is 0 Å². The normalized spacial score (nSPS) is 22.4. The van der Waals surface area contributed by atoms with Crippen LogP contribution in [-0.2, 0) is 16.4 Å². The molecule has 118 valence electrons. The van der Waals surface area contributed by atoms with Crippen LogP contribution in [0.5, 0.6) is 5.75 Å². The highest BCUT2D eigenvalue weighted by Gasteiger charge is 2.27. The third-order valence-electron chi connectivity index (χ3n) is 3.99. The van der Waals surface area contributed by atoms with Crippen LogP contribution in [-0.4, -0.2) is 28.1 Å². The van der Waals surface area contributed by atoms with Crippen LogP contribution in [0, 0.1) is 5.92 Å². The highest BCUT2D eigenvalue weighted by Crippen LogP contribution is 2.27. The topological polar surface area (TPSA) is 81.4 Å². The molecular formula is C15H24N2O3S. The Morgan fingerprint density at radius 1 is 1.38 bits per heavy atom. The van der Waals surface area contributed by atoms with Gasteiger partial charge in [-0.1, -0.05) is 6.92 Å². The number of hydrogen-bond acceptors (Lipinski definition) is 4. The summed E-state index contributed by atoms with van der Waals surface area (Å²) in [7, 11) is -1.94. The minimum absolute atomic E-state index is 0.0397. The van der Waals surface area contributed by atoms with Crippen molar-refractivity contribution in [3.8, 4) is 5.75 Å². The molecular weight excluding hydrogens is 288 g/mol. The number of nitrogens with one attached hydrogen (secondary N) is 1. The first-order chi connectivity index (χ1) is 9.96. The average molecular weight is 312 g/mol. The molecule has 0 bridgehead atoms. The molecule has 0 aliphatic heterocycles. The van der Waals surface area contributed by atoms with Crippen molar-refractivity contribution in [2.75, 3.05) is 13.7 Å². The number of nitrogens with two attached hydrogens (primary N) is 1. The number of benzene rings is 1. The third-order valence-corrected chi connectivity index (χ3v) is 5.61. The van der Waals surface area contributed by atoms with Gasteiger partial charge in [-0.3, -0.25) is 0 Å². The van der Waals surface area contributed by atoms with Gasteiger partial charge in [-0.2, -0.15) is 0 Å². The summed E-state index contributed by atoms with van der Waals surface area (Å²) in [4.78, 5) is 0.313. The van der Waals surface area contributed by atoms with E-state index >= 15 is 0 Å². The Hall–Kier alpha value is -1.11. The molecule has 1 aromatic rings. The molecule has 1 aromatic carbocycles. The molecule has 0 heterocycles. The summed E-state index contributed by atoms with van der Waals surface area (Å²) in [6, 6.07) is 5.06. The molecule has 2 unspecified atom stereocenters. The molecule has 1 aliphatic rings. The molecule has 0 amide bonds. The van der Waals surface area contributed by atoms with Crippen molar-refractivity contribution in [1.29, 1.82) is 0 Å².